The standard InChI is InChI=1S/C22H22BrClN2O2/c1-14-5-7-15(8-6-14)13-25-20-10-9-16(23)11-19(20)21(27)26(22(25)28)18-4-2-3-17(24)12-18/h2-8,12,16,19-20H,9-11,13H2,1H3. The van der Waals surface area contributed by atoms with E-state index in [0.29, 0.717) is 22.1 Å². The summed E-state index contributed by atoms with van der Waals surface area (Å²) >= 11 is 9.81. The number of carbonyl (C=O) groups is 2. The van der Waals surface area contributed by atoms with Gasteiger partial charge >= 0.3 is 6.03 Å². The SMILES string of the molecule is Cc1ccc(CN2C(=O)N(c3cccc(Cl)c3)C(=O)C3CC(Br)CCC32)cc1. The van der Waals surface area contributed by atoms with E-state index in [0.717, 1.165) is 24.8 Å². The Hall–Kier alpha value is -1.85. The fourth-order valence-corrected chi connectivity index (χ4v) is 5.05. The van der Waals surface area contributed by atoms with E-state index in [-0.39, 0.29) is 23.9 Å². The molecule has 1 aliphatic heterocycles. The molecule has 1 saturated heterocycles. The summed E-state index contributed by atoms with van der Waals surface area (Å²) in [6.45, 7) is 2.54. The molecule has 3 atom stereocenters. The van der Waals surface area contributed by atoms with E-state index in [9.17, 15) is 9.59 Å². The van der Waals surface area contributed by atoms with Crippen LogP contribution in [-0.4, -0.2) is 27.7 Å². The average Bonchev–Trinajstić information content (AvgIpc) is 2.67. The van der Waals surface area contributed by atoms with Crippen LogP contribution in [0.3, 0.4) is 0 Å². The van der Waals surface area contributed by atoms with Crippen LogP contribution in [0.15, 0.2) is 48.5 Å². The smallest absolute Gasteiger partial charge is 0.316 e. The molecule has 2 fully saturated rings. The predicted molar refractivity (Wildman–Crippen MR) is 115 cm³/mol. The van der Waals surface area contributed by atoms with Crippen LogP contribution in [0, 0.1) is 12.8 Å². The fraction of sp³-hybridized carbons (Fsp3) is 0.364. The molecule has 1 saturated carbocycles. The molecule has 1 aliphatic carbocycles. The van der Waals surface area contributed by atoms with Gasteiger partial charge in [-0.1, -0.05) is 63.4 Å². The number of hydrogen-bond acceptors (Lipinski definition) is 2. The minimum absolute atomic E-state index is 0.0643. The number of carbonyl (C=O) groups excluding carboxylic acids is 2. The van der Waals surface area contributed by atoms with Crippen molar-refractivity contribution < 1.29 is 9.59 Å². The van der Waals surface area contributed by atoms with E-state index >= 15 is 0 Å². The van der Waals surface area contributed by atoms with E-state index in [4.69, 9.17) is 11.6 Å². The van der Waals surface area contributed by atoms with Gasteiger partial charge in [-0.15, -0.1) is 0 Å². The van der Waals surface area contributed by atoms with Gasteiger partial charge in [-0.25, -0.2) is 9.69 Å². The topological polar surface area (TPSA) is 40.6 Å². The monoisotopic (exact) mass is 460 g/mol. The van der Waals surface area contributed by atoms with Crippen molar-refractivity contribution in [3.05, 3.63) is 64.7 Å². The van der Waals surface area contributed by atoms with Gasteiger partial charge < -0.3 is 4.90 Å². The molecule has 0 bridgehead atoms. The highest BCUT2D eigenvalue weighted by molar-refractivity contribution is 9.09. The van der Waals surface area contributed by atoms with Crippen LogP contribution in [0.5, 0.6) is 0 Å². The molecule has 2 aliphatic rings. The second kappa shape index (κ2) is 7.88. The fourth-order valence-electron chi connectivity index (χ4n) is 4.20. The molecule has 146 valence electrons. The van der Waals surface area contributed by atoms with Crippen LogP contribution < -0.4 is 4.90 Å². The summed E-state index contributed by atoms with van der Waals surface area (Å²) in [5, 5.41) is 0.507. The second-order valence-corrected chi connectivity index (χ2v) is 9.37. The molecule has 0 radical (unpaired) electrons. The van der Waals surface area contributed by atoms with Gasteiger partial charge in [-0.3, -0.25) is 4.79 Å². The molecule has 0 N–H and O–H groups in total. The number of hydrogen-bond donors (Lipinski definition) is 0. The summed E-state index contributed by atoms with van der Waals surface area (Å²) in [5.74, 6) is -0.332. The molecule has 3 unspecified atom stereocenters. The van der Waals surface area contributed by atoms with Crippen LogP contribution in [0.2, 0.25) is 5.02 Å². The molecule has 4 nitrogen and oxygen atoms in total. The highest BCUT2D eigenvalue weighted by atomic mass is 79.9. The minimum atomic E-state index is -0.262. The lowest BCUT2D eigenvalue weighted by molar-refractivity contribution is -0.126. The van der Waals surface area contributed by atoms with E-state index in [1.165, 1.54) is 10.5 Å². The molecular formula is C22H22BrClN2O2. The normalized spacial score (nSPS) is 25.0. The first-order chi connectivity index (χ1) is 13.4. The van der Waals surface area contributed by atoms with Gasteiger partial charge in [0.25, 0.3) is 0 Å². The maximum Gasteiger partial charge on any atom is 0.331 e. The number of nitrogens with zero attached hydrogens (tertiary/aromatic N) is 2. The zero-order valence-electron chi connectivity index (χ0n) is 15.6. The number of fused-ring (bicyclic) bond motifs is 1. The Bertz CT molecular complexity index is 902. The number of benzene rings is 2. The molecule has 2 aromatic rings. The zero-order valence-corrected chi connectivity index (χ0v) is 18.0. The molecule has 6 heteroatoms. The lowest BCUT2D eigenvalue weighted by Crippen LogP contribution is -2.63. The number of imide groups is 1. The maximum absolute atomic E-state index is 13.4. The lowest BCUT2D eigenvalue weighted by Gasteiger charge is -2.47. The number of urea groups is 1. The van der Waals surface area contributed by atoms with Gasteiger partial charge in [0, 0.05) is 22.4 Å². The van der Waals surface area contributed by atoms with Crippen molar-refractivity contribution in [1.82, 2.24) is 4.90 Å². The molecule has 1 heterocycles. The Labute approximate surface area is 178 Å². The van der Waals surface area contributed by atoms with Gasteiger partial charge in [0.15, 0.2) is 0 Å². The van der Waals surface area contributed by atoms with Crippen LogP contribution in [-0.2, 0) is 11.3 Å². The first kappa shape index (κ1) is 19.5. The van der Waals surface area contributed by atoms with E-state index in [2.05, 4.69) is 28.1 Å². The summed E-state index contributed by atoms with van der Waals surface area (Å²) < 4.78 is 0. The van der Waals surface area contributed by atoms with Crippen molar-refractivity contribution in [1.29, 1.82) is 0 Å². The van der Waals surface area contributed by atoms with Crippen molar-refractivity contribution in [2.75, 3.05) is 4.90 Å². The third-order valence-corrected chi connectivity index (χ3v) is 6.73. The Kier molecular flexibility index (Phi) is 5.48. The number of anilines is 1. The van der Waals surface area contributed by atoms with Crippen LogP contribution in [0.1, 0.15) is 30.4 Å². The molecule has 0 spiro atoms. The molecule has 3 amide bonds. The summed E-state index contributed by atoms with van der Waals surface area (Å²) in [7, 11) is 0. The predicted octanol–water partition coefficient (Wildman–Crippen LogP) is 5.55. The van der Waals surface area contributed by atoms with E-state index in [1.807, 2.05) is 24.0 Å². The van der Waals surface area contributed by atoms with Crippen LogP contribution >= 0.6 is 27.5 Å². The molecule has 2 aromatic carbocycles. The lowest BCUT2D eigenvalue weighted by atomic mass is 9.80. The number of aryl methyl sites for hydroxylation is 1. The van der Waals surface area contributed by atoms with Crippen molar-refractivity contribution in [3.63, 3.8) is 0 Å². The molecule has 0 aromatic heterocycles. The van der Waals surface area contributed by atoms with Crippen LogP contribution in [0.25, 0.3) is 0 Å². The van der Waals surface area contributed by atoms with Gasteiger partial charge in [-0.2, -0.15) is 0 Å². The number of halogens is 2. The van der Waals surface area contributed by atoms with Gasteiger partial charge in [0.1, 0.15) is 0 Å². The van der Waals surface area contributed by atoms with Crippen molar-refractivity contribution in [2.45, 2.75) is 43.6 Å². The minimum Gasteiger partial charge on any atom is -0.316 e. The van der Waals surface area contributed by atoms with Gasteiger partial charge in [-0.05, 0) is 49.9 Å². The largest absolute Gasteiger partial charge is 0.331 e. The second-order valence-electron chi connectivity index (χ2n) is 7.63. The van der Waals surface area contributed by atoms with Crippen molar-refractivity contribution in [3.8, 4) is 0 Å². The summed E-state index contributed by atoms with van der Waals surface area (Å²) in [4.78, 5) is 30.2. The van der Waals surface area contributed by atoms with Crippen LogP contribution in [0.4, 0.5) is 10.5 Å². The Morgan fingerprint density at radius 3 is 2.57 bits per heavy atom. The van der Waals surface area contributed by atoms with E-state index in [1.54, 1.807) is 24.3 Å². The number of rotatable bonds is 3. The van der Waals surface area contributed by atoms with Crippen molar-refractivity contribution in [2.24, 2.45) is 5.92 Å². The molecular weight excluding hydrogens is 440 g/mol. The van der Waals surface area contributed by atoms with E-state index < -0.39 is 0 Å². The number of amides is 3. The maximum atomic E-state index is 13.4. The number of alkyl halides is 1. The Morgan fingerprint density at radius 1 is 1.11 bits per heavy atom. The molecule has 4 rings (SSSR count). The molecule has 28 heavy (non-hydrogen) atoms. The van der Waals surface area contributed by atoms with Crippen molar-refractivity contribution >= 4 is 45.2 Å². The summed E-state index contributed by atoms with van der Waals surface area (Å²) in [6.07, 6.45) is 2.52. The highest BCUT2D eigenvalue weighted by Gasteiger charge is 2.48. The summed E-state index contributed by atoms with van der Waals surface area (Å²) in [6, 6.07) is 14.8. The third-order valence-electron chi connectivity index (χ3n) is 5.66. The summed E-state index contributed by atoms with van der Waals surface area (Å²) in [5.41, 5.74) is 2.78. The average molecular weight is 462 g/mol. The zero-order chi connectivity index (χ0) is 19.8. The Morgan fingerprint density at radius 2 is 1.86 bits per heavy atom. The Balaban J connectivity index is 1.71. The first-order valence-corrected chi connectivity index (χ1v) is 10.8. The first-order valence-electron chi connectivity index (χ1n) is 9.54. The van der Waals surface area contributed by atoms with Gasteiger partial charge in [0.05, 0.1) is 11.6 Å². The third kappa shape index (κ3) is 3.70. The quantitative estimate of drug-likeness (QED) is 0.562. The van der Waals surface area contributed by atoms with Gasteiger partial charge in [0.2, 0.25) is 5.91 Å². The highest BCUT2D eigenvalue weighted by Crippen LogP contribution is 2.39.